The molecule has 1 aliphatic rings. The zero-order valence-corrected chi connectivity index (χ0v) is 12.0. The molecule has 0 unspecified atom stereocenters. The number of nitrogens with zero attached hydrogens (tertiary/aromatic N) is 3. The molecule has 1 fully saturated rings. The fraction of sp³-hybridized carbons (Fsp3) is 0.750. The summed E-state index contributed by atoms with van der Waals surface area (Å²) in [4.78, 5) is 11.7. The number of carbonyl (C=O) groups excluding carboxylic acids is 1. The van der Waals surface area contributed by atoms with Gasteiger partial charge in [0.15, 0.2) is 5.16 Å². The van der Waals surface area contributed by atoms with Crippen molar-refractivity contribution < 1.29 is 4.79 Å². The molecule has 0 spiro atoms. The maximum atomic E-state index is 11.7. The molecule has 18 heavy (non-hydrogen) atoms. The Morgan fingerprint density at radius 1 is 1.50 bits per heavy atom. The van der Waals surface area contributed by atoms with E-state index < -0.39 is 0 Å². The molecule has 1 heterocycles. The zero-order valence-electron chi connectivity index (χ0n) is 11.1. The van der Waals surface area contributed by atoms with Gasteiger partial charge in [0, 0.05) is 19.0 Å². The molecule has 100 valence electrons. The molecular weight excluding hydrogens is 248 g/mol. The van der Waals surface area contributed by atoms with Crippen LogP contribution >= 0.6 is 11.8 Å². The van der Waals surface area contributed by atoms with Gasteiger partial charge in [-0.3, -0.25) is 4.79 Å². The first kappa shape index (κ1) is 13.4. The summed E-state index contributed by atoms with van der Waals surface area (Å²) in [5, 5.41) is 12.0. The zero-order chi connectivity index (χ0) is 13.1. The van der Waals surface area contributed by atoms with E-state index in [0.29, 0.717) is 12.5 Å². The minimum absolute atomic E-state index is 0.0566. The van der Waals surface area contributed by atoms with E-state index in [9.17, 15) is 4.79 Å². The van der Waals surface area contributed by atoms with E-state index in [1.165, 1.54) is 24.6 Å². The first-order chi connectivity index (χ1) is 8.67. The molecule has 1 aliphatic carbocycles. The van der Waals surface area contributed by atoms with Crippen LogP contribution < -0.4 is 5.32 Å². The number of hydrogen-bond acceptors (Lipinski definition) is 4. The normalized spacial score (nSPS) is 16.6. The second-order valence-corrected chi connectivity index (χ2v) is 5.82. The third kappa shape index (κ3) is 2.85. The summed E-state index contributed by atoms with van der Waals surface area (Å²) in [7, 11) is 0. The van der Waals surface area contributed by atoms with Crippen LogP contribution in [-0.4, -0.2) is 32.5 Å². The van der Waals surface area contributed by atoms with Crippen LogP contribution in [0.5, 0.6) is 0 Å². The Morgan fingerprint density at radius 3 is 2.78 bits per heavy atom. The van der Waals surface area contributed by atoms with Crippen molar-refractivity contribution in [1.29, 1.82) is 0 Å². The molecule has 6 heteroatoms. The summed E-state index contributed by atoms with van der Waals surface area (Å²) in [6, 6.07) is 0. The van der Waals surface area contributed by atoms with Crippen LogP contribution in [0.4, 0.5) is 0 Å². The lowest BCUT2D eigenvalue weighted by atomic mass is 10.4. The molecule has 1 saturated carbocycles. The number of amides is 1. The molecule has 0 aliphatic heterocycles. The Kier molecular flexibility index (Phi) is 4.27. The summed E-state index contributed by atoms with van der Waals surface area (Å²) < 4.78 is 2.14. The molecule has 5 nitrogen and oxygen atoms in total. The van der Waals surface area contributed by atoms with Crippen LogP contribution in [0.3, 0.4) is 0 Å². The van der Waals surface area contributed by atoms with Gasteiger partial charge in [-0.2, -0.15) is 0 Å². The first-order valence-electron chi connectivity index (χ1n) is 6.54. The topological polar surface area (TPSA) is 59.8 Å². The molecule has 0 saturated heterocycles. The van der Waals surface area contributed by atoms with Crippen molar-refractivity contribution in [3.63, 3.8) is 0 Å². The van der Waals surface area contributed by atoms with Gasteiger partial charge in [0.2, 0.25) is 5.91 Å². The fourth-order valence-corrected chi connectivity index (χ4v) is 2.80. The number of hydrogen-bond donors (Lipinski definition) is 1. The number of rotatable bonds is 6. The van der Waals surface area contributed by atoms with Crippen LogP contribution in [0.15, 0.2) is 5.16 Å². The van der Waals surface area contributed by atoms with Crippen LogP contribution in [0.25, 0.3) is 0 Å². The van der Waals surface area contributed by atoms with Crippen LogP contribution in [0.2, 0.25) is 0 Å². The van der Waals surface area contributed by atoms with E-state index in [2.05, 4.69) is 27.0 Å². The third-order valence-electron chi connectivity index (χ3n) is 3.01. The van der Waals surface area contributed by atoms with Gasteiger partial charge in [-0.1, -0.05) is 11.8 Å². The Morgan fingerprint density at radius 2 is 2.22 bits per heavy atom. The van der Waals surface area contributed by atoms with Gasteiger partial charge < -0.3 is 9.88 Å². The number of aromatic nitrogens is 3. The molecule has 0 aromatic carbocycles. The van der Waals surface area contributed by atoms with Crippen molar-refractivity contribution in [3.05, 3.63) is 5.82 Å². The SMILES string of the molecule is CCNC(=O)[C@@H](C)Sc1nnc(C2CC2)n1CC. The molecule has 0 radical (unpaired) electrons. The third-order valence-corrected chi connectivity index (χ3v) is 4.09. The highest BCUT2D eigenvalue weighted by molar-refractivity contribution is 8.00. The van der Waals surface area contributed by atoms with Crippen molar-refractivity contribution >= 4 is 17.7 Å². The first-order valence-corrected chi connectivity index (χ1v) is 7.42. The average Bonchev–Trinajstić information content (AvgIpc) is 3.12. The highest BCUT2D eigenvalue weighted by Crippen LogP contribution is 2.40. The summed E-state index contributed by atoms with van der Waals surface area (Å²) >= 11 is 1.49. The average molecular weight is 268 g/mol. The van der Waals surface area contributed by atoms with Gasteiger partial charge >= 0.3 is 0 Å². The molecule has 1 atom stereocenters. The minimum Gasteiger partial charge on any atom is -0.355 e. The second kappa shape index (κ2) is 5.73. The molecule has 1 amide bonds. The van der Waals surface area contributed by atoms with E-state index in [4.69, 9.17) is 0 Å². The molecule has 0 bridgehead atoms. The molecular formula is C12H20N4OS. The number of nitrogens with one attached hydrogen (secondary N) is 1. The summed E-state index contributed by atoms with van der Waals surface area (Å²) in [6.45, 7) is 7.45. The highest BCUT2D eigenvalue weighted by Gasteiger charge is 2.30. The van der Waals surface area contributed by atoms with Gasteiger partial charge in [-0.15, -0.1) is 10.2 Å². The molecule has 2 rings (SSSR count). The Balaban J connectivity index is 2.06. The molecule has 1 aromatic rings. The monoisotopic (exact) mass is 268 g/mol. The smallest absolute Gasteiger partial charge is 0.233 e. The Bertz CT molecular complexity index is 428. The maximum absolute atomic E-state index is 11.7. The minimum atomic E-state index is -0.133. The summed E-state index contributed by atoms with van der Waals surface area (Å²) in [6.07, 6.45) is 2.43. The Labute approximate surface area is 112 Å². The second-order valence-electron chi connectivity index (χ2n) is 4.51. The lowest BCUT2D eigenvalue weighted by molar-refractivity contribution is -0.120. The van der Waals surface area contributed by atoms with E-state index in [1.54, 1.807) is 0 Å². The van der Waals surface area contributed by atoms with Crippen molar-refractivity contribution in [2.24, 2.45) is 0 Å². The Hall–Kier alpha value is -1.04. The van der Waals surface area contributed by atoms with Gasteiger partial charge in [-0.25, -0.2) is 0 Å². The quantitative estimate of drug-likeness (QED) is 0.799. The summed E-state index contributed by atoms with van der Waals surface area (Å²) in [5.74, 6) is 1.73. The van der Waals surface area contributed by atoms with Crippen LogP contribution in [0.1, 0.15) is 45.4 Å². The van der Waals surface area contributed by atoms with Crippen molar-refractivity contribution in [2.45, 2.75) is 56.5 Å². The maximum Gasteiger partial charge on any atom is 0.233 e. The lowest BCUT2D eigenvalue weighted by Crippen LogP contribution is -2.30. The molecule has 1 N–H and O–H groups in total. The lowest BCUT2D eigenvalue weighted by Gasteiger charge is -2.11. The van der Waals surface area contributed by atoms with Crippen LogP contribution in [0, 0.1) is 0 Å². The largest absolute Gasteiger partial charge is 0.355 e. The highest BCUT2D eigenvalue weighted by atomic mass is 32.2. The van der Waals surface area contributed by atoms with Crippen LogP contribution in [-0.2, 0) is 11.3 Å². The van der Waals surface area contributed by atoms with Gasteiger partial charge in [0.1, 0.15) is 5.82 Å². The standard InChI is InChI=1S/C12H20N4OS/c1-4-13-11(17)8(3)18-12-15-14-10(9-6-7-9)16(12)5-2/h8-9H,4-7H2,1-3H3,(H,13,17)/t8-/m1/s1. The number of thioether (sulfide) groups is 1. The summed E-state index contributed by atoms with van der Waals surface area (Å²) in [5.41, 5.74) is 0. The van der Waals surface area contributed by atoms with E-state index in [0.717, 1.165) is 17.5 Å². The van der Waals surface area contributed by atoms with Crippen molar-refractivity contribution in [2.75, 3.05) is 6.54 Å². The van der Waals surface area contributed by atoms with Crippen molar-refractivity contribution in [1.82, 2.24) is 20.1 Å². The molecule has 1 aromatic heterocycles. The van der Waals surface area contributed by atoms with E-state index in [1.807, 2.05) is 13.8 Å². The fourth-order valence-electron chi connectivity index (χ4n) is 1.86. The van der Waals surface area contributed by atoms with E-state index >= 15 is 0 Å². The predicted octanol–water partition coefficient (Wildman–Crippen LogP) is 1.79. The predicted molar refractivity (Wildman–Crippen MR) is 71.7 cm³/mol. The van der Waals surface area contributed by atoms with Gasteiger partial charge in [0.25, 0.3) is 0 Å². The van der Waals surface area contributed by atoms with Crippen molar-refractivity contribution in [3.8, 4) is 0 Å². The van der Waals surface area contributed by atoms with Gasteiger partial charge in [0.05, 0.1) is 5.25 Å². The number of carbonyl (C=O) groups is 1. The van der Waals surface area contributed by atoms with Gasteiger partial charge in [-0.05, 0) is 33.6 Å². The van der Waals surface area contributed by atoms with E-state index in [-0.39, 0.29) is 11.2 Å².